The molecule has 0 radical (unpaired) electrons. The monoisotopic (exact) mass is 217 g/mol. The van der Waals surface area contributed by atoms with E-state index >= 15 is 0 Å². The van der Waals surface area contributed by atoms with Gasteiger partial charge in [-0.3, -0.25) is 0 Å². The lowest BCUT2D eigenvalue weighted by Crippen LogP contribution is -2.22. The molecule has 5 heteroatoms. The van der Waals surface area contributed by atoms with Gasteiger partial charge in [-0.1, -0.05) is 13.8 Å². The number of hydrogen-bond donors (Lipinski definition) is 1. The normalized spacial score (nSPS) is 10.9. The Morgan fingerprint density at radius 1 is 1.31 bits per heavy atom. The third-order valence-electron chi connectivity index (χ3n) is 2.12. The van der Waals surface area contributed by atoms with E-state index in [0.29, 0.717) is 12.0 Å². The molecular formula is C11H15N5. The molecular weight excluding hydrogens is 202 g/mol. The van der Waals surface area contributed by atoms with Crippen molar-refractivity contribution >= 4 is 0 Å². The fourth-order valence-corrected chi connectivity index (χ4v) is 1.27. The highest BCUT2D eigenvalue weighted by molar-refractivity contribution is 5.13. The van der Waals surface area contributed by atoms with E-state index in [4.69, 9.17) is 0 Å². The smallest absolute Gasteiger partial charge is 0.250 e. The summed E-state index contributed by atoms with van der Waals surface area (Å²) in [6.45, 7) is 5.01. The Kier molecular flexibility index (Phi) is 3.26. The highest BCUT2D eigenvalue weighted by Crippen LogP contribution is 2.00. The molecule has 0 aliphatic rings. The molecule has 0 amide bonds. The Balaban J connectivity index is 2.05. The minimum absolute atomic E-state index is 0.464. The Morgan fingerprint density at radius 2 is 2.06 bits per heavy atom. The molecule has 5 nitrogen and oxygen atoms in total. The fraction of sp³-hybridized carbons (Fsp3) is 0.364. The van der Waals surface area contributed by atoms with E-state index in [1.807, 2.05) is 24.7 Å². The van der Waals surface area contributed by atoms with E-state index in [-0.39, 0.29) is 0 Å². The van der Waals surface area contributed by atoms with Crippen LogP contribution >= 0.6 is 0 Å². The molecule has 0 aliphatic heterocycles. The highest BCUT2D eigenvalue weighted by atomic mass is 15.3. The van der Waals surface area contributed by atoms with Gasteiger partial charge in [0.25, 0.3) is 0 Å². The van der Waals surface area contributed by atoms with E-state index in [2.05, 4.69) is 34.2 Å². The van der Waals surface area contributed by atoms with Crippen LogP contribution in [-0.2, 0) is 6.54 Å². The zero-order chi connectivity index (χ0) is 11.4. The van der Waals surface area contributed by atoms with Crippen molar-refractivity contribution in [1.82, 2.24) is 25.1 Å². The van der Waals surface area contributed by atoms with Crippen LogP contribution in [0.3, 0.4) is 0 Å². The highest BCUT2D eigenvalue weighted by Gasteiger charge is 2.00. The van der Waals surface area contributed by atoms with Gasteiger partial charge in [-0.25, -0.2) is 14.6 Å². The maximum Gasteiger partial charge on any atom is 0.250 e. The van der Waals surface area contributed by atoms with Crippen LogP contribution in [0.15, 0.2) is 30.9 Å². The third kappa shape index (κ3) is 2.64. The van der Waals surface area contributed by atoms with Gasteiger partial charge in [0.1, 0.15) is 0 Å². The molecule has 0 spiro atoms. The van der Waals surface area contributed by atoms with Crippen molar-refractivity contribution in [2.24, 2.45) is 0 Å². The van der Waals surface area contributed by atoms with Gasteiger partial charge in [0, 0.05) is 42.9 Å². The summed E-state index contributed by atoms with van der Waals surface area (Å²) in [4.78, 5) is 8.50. The molecule has 0 aromatic carbocycles. The first-order chi connectivity index (χ1) is 7.75. The molecule has 2 aromatic rings. The first-order valence-electron chi connectivity index (χ1n) is 5.30. The first kappa shape index (κ1) is 10.8. The van der Waals surface area contributed by atoms with E-state index in [9.17, 15) is 0 Å². The third-order valence-corrected chi connectivity index (χ3v) is 2.12. The molecule has 2 rings (SSSR count). The Morgan fingerprint density at radius 3 is 2.62 bits per heavy atom. The summed E-state index contributed by atoms with van der Waals surface area (Å²) in [6, 6.07) is 2.31. The number of nitrogens with zero attached hydrogens (tertiary/aromatic N) is 4. The Bertz CT molecular complexity index is 418. The average molecular weight is 217 g/mol. The lowest BCUT2D eigenvalue weighted by atomic mass is 10.3. The minimum Gasteiger partial charge on any atom is -0.310 e. The SMILES string of the molecule is CC(C)NCc1cnc(-n2cccn2)nc1. The number of hydrogen-bond acceptors (Lipinski definition) is 4. The Labute approximate surface area is 94.5 Å². The number of aromatic nitrogens is 4. The second-order valence-corrected chi connectivity index (χ2v) is 3.88. The topological polar surface area (TPSA) is 55.6 Å². The van der Waals surface area contributed by atoms with E-state index in [0.717, 1.165) is 12.1 Å². The molecule has 0 unspecified atom stereocenters. The summed E-state index contributed by atoms with van der Waals surface area (Å²) in [6.07, 6.45) is 7.16. The van der Waals surface area contributed by atoms with Crippen molar-refractivity contribution in [3.8, 4) is 5.95 Å². The molecule has 0 atom stereocenters. The first-order valence-corrected chi connectivity index (χ1v) is 5.30. The fourth-order valence-electron chi connectivity index (χ4n) is 1.27. The summed E-state index contributed by atoms with van der Waals surface area (Å²) in [5.74, 6) is 0.596. The second-order valence-electron chi connectivity index (χ2n) is 3.88. The van der Waals surface area contributed by atoms with Gasteiger partial charge in [-0.2, -0.15) is 5.10 Å². The van der Waals surface area contributed by atoms with Crippen LogP contribution in [0.5, 0.6) is 0 Å². The molecule has 0 saturated carbocycles. The van der Waals surface area contributed by atoms with Gasteiger partial charge in [0.05, 0.1) is 0 Å². The van der Waals surface area contributed by atoms with Crippen LogP contribution in [0.2, 0.25) is 0 Å². The largest absolute Gasteiger partial charge is 0.310 e. The average Bonchev–Trinajstić information content (AvgIpc) is 2.80. The quantitative estimate of drug-likeness (QED) is 0.835. The molecule has 2 aromatic heterocycles. The predicted octanol–water partition coefficient (Wildman–Crippen LogP) is 1.16. The van der Waals surface area contributed by atoms with Crippen molar-refractivity contribution in [1.29, 1.82) is 0 Å². The van der Waals surface area contributed by atoms with Gasteiger partial charge >= 0.3 is 0 Å². The molecule has 84 valence electrons. The van der Waals surface area contributed by atoms with Crippen LogP contribution in [0.4, 0.5) is 0 Å². The van der Waals surface area contributed by atoms with Gasteiger partial charge in [0.15, 0.2) is 0 Å². The van der Waals surface area contributed by atoms with Crippen molar-refractivity contribution in [3.05, 3.63) is 36.4 Å². The summed E-state index contributed by atoms with van der Waals surface area (Å²) < 4.78 is 1.64. The maximum atomic E-state index is 4.25. The molecule has 2 heterocycles. The van der Waals surface area contributed by atoms with Crippen molar-refractivity contribution in [2.45, 2.75) is 26.4 Å². The molecule has 16 heavy (non-hydrogen) atoms. The van der Waals surface area contributed by atoms with Crippen LogP contribution in [0, 0.1) is 0 Å². The summed E-state index contributed by atoms with van der Waals surface area (Å²) in [5.41, 5.74) is 1.07. The Hall–Kier alpha value is -1.75. The van der Waals surface area contributed by atoms with Crippen LogP contribution < -0.4 is 5.32 Å². The predicted molar refractivity (Wildman–Crippen MR) is 61.1 cm³/mol. The molecule has 0 bridgehead atoms. The van der Waals surface area contributed by atoms with Crippen molar-refractivity contribution < 1.29 is 0 Å². The van der Waals surface area contributed by atoms with Gasteiger partial charge in [-0.15, -0.1) is 0 Å². The molecule has 0 fully saturated rings. The number of rotatable bonds is 4. The standard InChI is InChI=1S/C11H15N5/c1-9(2)12-6-10-7-13-11(14-8-10)16-5-3-4-15-16/h3-5,7-9,12H,6H2,1-2H3. The van der Waals surface area contributed by atoms with Crippen LogP contribution in [-0.4, -0.2) is 25.8 Å². The summed E-state index contributed by atoms with van der Waals surface area (Å²) in [5, 5.41) is 7.38. The van der Waals surface area contributed by atoms with Crippen molar-refractivity contribution in [3.63, 3.8) is 0 Å². The number of nitrogens with one attached hydrogen (secondary N) is 1. The zero-order valence-corrected chi connectivity index (χ0v) is 9.46. The molecule has 0 aliphatic carbocycles. The zero-order valence-electron chi connectivity index (χ0n) is 9.46. The summed E-state index contributed by atoms with van der Waals surface area (Å²) >= 11 is 0. The van der Waals surface area contributed by atoms with E-state index in [1.54, 1.807) is 10.9 Å². The van der Waals surface area contributed by atoms with Gasteiger partial charge < -0.3 is 5.32 Å². The maximum absolute atomic E-state index is 4.25. The summed E-state index contributed by atoms with van der Waals surface area (Å²) in [7, 11) is 0. The van der Waals surface area contributed by atoms with Gasteiger partial charge in [0.2, 0.25) is 5.95 Å². The molecule has 1 N–H and O–H groups in total. The lowest BCUT2D eigenvalue weighted by molar-refractivity contribution is 0.586. The van der Waals surface area contributed by atoms with Crippen LogP contribution in [0.1, 0.15) is 19.4 Å². The lowest BCUT2D eigenvalue weighted by Gasteiger charge is -2.07. The second kappa shape index (κ2) is 4.85. The van der Waals surface area contributed by atoms with E-state index in [1.165, 1.54) is 0 Å². The van der Waals surface area contributed by atoms with Crippen LogP contribution in [0.25, 0.3) is 5.95 Å². The van der Waals surface area contributed by atoms with Crippen molar-refractivity contribution in [2.75, 3.05) is 0 Å². The molecule has 0 saturated heterocycles. The van der Waals surface area contributed by atoms with E-state index < -0.39 is 0 Å². The minimum atomic E-state index is 0.464. The van der Waals surface area contributed by atoms with Gasteiger partial charge in [-0.05, 0) is 6.07 Å².